The summed E-state index contributed by atoms with van der Waals surface area (Å²) >= 11 is 5.39. The SMILES string of the molecule is Cc1ccc(NC(=S)Nc2ccc(CC(=O)N3CCOCC3)cc2)cc1C. The van der Waals surface area contributed by atoms with E-state index in [1.165, 1.54) is 11.1 Å². The largest absolute Gasteiger partial charge is 0.378 e. The van der Waals surface area contributed by atoms with Gasteiger partial charge in [-0.15, -0.1) is 0 Å². The topological polar surface area (TPSA) is 53.6 Å². The molecule has 142 valence electrons. The number of nitrogens with one attached hydrogen (secondary N) is 2. The van der Waals surface area contributed by atoms with Gasteiger partial charge in [0, 0.05) is 24.5 Å². The molecule has 2 N–H and O–H groups in total. The quantitative estimate of drug-likeness (QED) is 0.792. The van der Waals surface area contributed by atoms with Gasteiger partial charge in [-0.3, -0.25) is 4.79 Å². The summed E-state index contributed by atoms with van der Waals surface area (Å²) in [6.45, 7) is 6.77. The van der Waals surface area contributed by atoms with Crippen molar-refractivity contribution in [3.63, 3.8) is 0 Å². The maximum Gasteiger partial charge on any atom is 0.227 e. The Bertz CT molecular complexity index is 815. The van der Waals surface area contributed by atoms with Crippen molar-refractivity contribution in [3.8, 4) is 0 Å². The van der Waals surface area contributed by atoms with Crippen molar-refractivity contribution >= 4 is 34.6 Å². The molecule has 6 heteroatoms. The lowest BCUT2D eigenvalue weighted by Gasteiger charge is -2.26. The predicted molar refractivity (Wildman–Crippen MR) is 113 cm³/mol. The Kier molecular flexibility index (Phi) is 6.42. The van der Waals surface area contributed by atoms with E-state index in [-0.39, 0.29) is 5.91 Å². The summed E-state index contributed by atoms with van der Waals surface area (Å²) < 4.78 is 5.29. The second-order valence-corrected chi connectivity index (χ2v) is 7.15. The van der Waals surface area contributed by atoms with Crippen LogP contribution in [0.25, 0.3) is 0 Å². The molecule has 0 spiro atoms. The summed E-state index contributed by atoms with van der Waals surface area (Å²) in [7, 11) is 0. The molecule has 3 rings (SSSR count). The van der Waals surface area contributed by atoms with Gasteiger partial charge in [0.05, 0.1) is 19.6 Å². The van der Waals surface area contributed by atoms with E-state index in [0.717, 1.165) is 16.9 Å². The first-order valence-corrected chi connectivity index (χ1v) is 9.52. The molecule has 1 amide bonds. The number of anilines is 2. The first kappa shape index (κ1) is 19.3. The molecule has 1 aliphatic heterocycles. The van der Waals surface area contributed by atoms with E-state index in [0.29, 0.717) is 37.8 Å². The van der Waals surface area contributed by atoms with Crippen molar-refractivity contribution in [2.45, 2.75) is 20.3 Å². The first-order chi connectivity index (χ1) is 13.0. The van der Waals surface area contributed by atoms with E-state index >= 15 is 0 Å². The fraction of sp³-hybridized carbons (Fsp3) is 0.333. The van der Waals surface area contributed by atoms with Gasteiger partial charge in [0.2, 0.25) is 5.91 Å². The Balaban J connectivity index is 1.52. The van der Waals surface area contributed by atoms with Crippen LogP contribution in [0.2, 0.25) is 0 Å². The van der Waals surface area contributed by atoms with Crippen LogP contribution < -0.4 is 10.6 Å². The van der Waals surface area contributed by atoms with E-state index in [1.807, 2.05) is 35.2 Å². The van der Waals surface area contributed by atoms with Crippen LogP contribution in [0.4, 0.5) is 11.4 Å². The number of morpholine rings is 1. The number of benzene rings is 2. The number of ether oxygens (including phenoxy) is 1. The van der Waals surface area contributed by atoms with Crippen LogP contribution in [0.15, 0.2) is 42.5 Å². The van der Waals surface area contributed by atoms with E-state index in [1.54, 1.807) is 0 Å². The molecule has 27 heavy (non-hydrogen) atoms. The summed E-state index contributed by atoms with van der Waals surface area (Å²) in [6.07, 6.45) is 0.408. The third-order valence-electron chi connectivity index (χ3n) is 4.70. The molecule has 2 aromatic carbocycles. The van der Waals surface area contributed by atoms with Crippen LogP contribution >= 0.6 is 12.2 Å². The highest BCUT2D eigenvalue weighted by molar-refractivity contribution is 7.80. The Morgan fingerprint density at radius 1 is 1.00 bits per heavy atom. The number of nitrogens with zero attached hydrogens (tertiary/aromatic N) is 1. The summed E-state index contributed by atoms with van der Waals surface area (Å²) in [5.74, 6) is 0.144. The lowest BCUT2D eigenvalue weighted by atomic mass is 10.1. The molecule has 1 saturated heterocycles. The fourth-order valence-electron chi connectivity index (χ4n) is 2.92. The molecule has 0 radical (unpaired) electrons. The van der Waals surface area contributed by atoms with E-state index < -0.39 is 0 Å². The van der Waals surface area contributed by atoms with Crippen LogP contribution in [0.1, 0.15) is 16.7 Å². The number of rotatable bonds is 4. The molecule has 0 aromatic heterocycles. The molecular weight excluding hydrogens is 358 g/mol. The van der Waals surface area contributed by atoms with Crippen molar-refractivity contribution in [3.05, 3.63) is 59.2 Å². The molecule has 0 unspecified atom stereocenters. The third kappa shape index (κ3) is 5.52. The van der Waals surface area contributed by atoms with Crippen molar-refractivity contribution < 1.29 is 9.53 Å². The molecule has 0 atom stereocenters. The van der Waals surface area contributed by atoms with Crippen molar-refractivity contribution in [1.29, 1.82) is 0 Å². The van der Waals surface area contributed by atoms with Gasteiger partial charge in [-0.05, 0) is 67.0 Å². The summed E-state index contributed by atoms with van der Waals surface area (Å²) in [5.41, 5.74) is 5.31. The molecule has 0 saturated carbocycles. The van der Waals surface area contributed by atoms with Gasteiger partial charge in [-0.25, -0.2) is 0 Å². The maximum absolute atomic E-state index is 12.3. The monoisotopic (exact) mass is 383 g/mol. The zero-order valence-electron chi connectivity index (χ0n) is 15.7. The van der Waals surface area contributed by atoms with Gasteiger partial charge >= 0.3 is 0 Å². The van der Waals surface area contributed by atoms with Crippen molar-refractivity contribution in [1.82, 2.24) is 4.90 Å². The van der Waals surface area contributed by atoms with Crippen molar-refractivity contribution in [2.75, 3.05) is 36.9 Å². The second-order valence-electron chi connectivity index (χ2n) is 6.75. The number of amides is 1. The van der Waals surface area contributed by atoms with E-state index in [9.17, 15) is 4.79 Å². The molecule has 0 bridgehead atoms. The molecule has 5 nitrogen and oxygen atoms in total. The minimum Gasteiger partial charge on any atom is -0.378 e. The highest BCUT2D eigenvalue weighted by Crippen LogP contribution is 2.16. The van der Waals surface area contributed by atoms with Gasteiger partial charge in [0.15, 0.2) is 5.11 Å². The smallest absolute Gasteiger partial charge is 0.227 e. The first-order valence-electron chi connectivity index (χ1n) is 9.11. The third-order valence-corrected chi connectivity index (χ3v) is 4.90. The molecular formula is C21H25N3O2S. The molecule has 1 heterocycles. The number of hydrogen-bond donors (Lipinski definition) is 2. The zero-order valence-corrected chi connectivity index (χ0v) is 16.6. The summed E-state index contributed by atoms with van der Waals surface area (Å²) in [5, 5.41) is 6.91. The molecule has 1 aliphatic rings. The number of carbonyl (C=O) groups excluding carboxylic acids is 1. The van der Waals surface area contributed by atoms with Crippen LogP contribution in [0, 0.1) is 13.8 Å². The summed E-state index contributed by atoms with van der Waals surface area (Å²) in [6, 6.07) is 14.0. The van der Waals surface area contributed by atoms with Crippen LogP contribution in [-0.4, -0.2) is 42.2 Å². The average molecular weight is 384 g/mol. The fourth-order valence-corrected chi connectivity index (χ4v) is 3.15. The maximum atomic E-state index is 12.3. The van der Waals surface area contributed by atoms with E-state index in [4.69, 9.17) is 17.0 Å². The lowest BCUT2D eigenvalue weighted by molar-refractivity contribution is -0.134. The van der Waals surface area contributed by atoms with Crippen LogP contribution in [-0.2, 0) is 16.0 Å². The number of hydrogen-bond acceptors (Lipinski definition) is 3. The number of carbonyl (C=O) groups is 1. The minimum atomic E-state index is 0.144. The normalized spacial score (nSPS) is 13.9. The average Bonchev–Trinajstić information content (AvgIpc) is 2.67. The van der Waals surface area contributed by atoms with Gasteiger partial charge < -0.3 is 20.3 Å². The summed E-state index contributed by atoms with van der Waals surface area (Å²) in [4.78, 5) is 14.2. The highest BCUT2D eigenvalue weighted by atomic mass is 32.1. The Hall–Kier alpha value is -2.44. The molecule has 1 fully saturated rings. The van der Waals surface area contributed by atoms with Gasteiger partial charge in [-0.1, -0.05) is 18.2 Å². The van der Waals surface area contributed by atoms with Gasteiger partial charge in [-0.2, -0.15) is 0 Å². The van der Waals surface area contributed by atoms with Gasteiger partial charge in [0.25, 0.3) is 0 Å². The lowest BCUT2D eigenvalue weighted by Crippen LogP contribution is -2.41. The number of thiocarbonyl (C=S) groups is 1. The van der Waals surface area contributed by atoms with E-state index in [2.05, 4.69) is 36.6 Å². The predicted octanol–water partition coefficient (Wildman–Crippen LogP) is 3.51. The minimum absolute atomic E-state index is 0.144. The van der Waals surface area contributed by atoms with Crippen LogP contribution in [0.5, 0.6) is 0 Å². The number of aryl methyl sites for hydroxylation is 2. The second kappa shape index (κ2) is 8.97. The molecule has 2 aromatic rings. The standard InChI is InChI=1S/C21H25N3O2S/c1-15-3-6-19(13-16(15)2)23-21(27)22-18-7-4-17(5-8-18)14-20(25)24-9-11-26-12-10-24/h3-8,13H,9-12,14H2,1-2H3,(H2,22,23,27). The highest BCUT2D eigenvalue weighted by Gasteiger charge is 2.16. The Morgan fingerprint density at radius 3 is 2.30 bits per heavy atom. The Labute approximate surface area is 165 Å². The van der Waals surface area contributed by atoms with Crippen LogP contribution in [0.3, 0.4) is 0 Å². The zero-order chi connectivity index (χ0) is 19.2. The van der Waals surface area contributed by atoms with Crippen molar-refractivity contribution in [2.24, 2.45) is 0 Å². The van der Waals surface area contributed by atoms with Gasteiger partial charge in [0.1, 0.15) is 0 Å². The molecule has 0 aliphatic carbocycles. The Morgan fingerprint density at radius 2 is 1.63 bits per heavy atom.